The van der Waals surface area contributed by atoms with Gasteiger partial charge in [-0.15, -0.1) is 11.3 Å². The number of hydrogen-bond donors (Lipinski definition) is 0. The van der Waals surface area contributed by atoms with Gasteiger partial charge in [0.25, 0.3) is 0 Å². The fraction of sp³-hybridized carbons (Fsp3) is 0.474. The number of thiazole rings is 1. The average Bonchev–Trinajstić information content (AvgIpc) is 3.08. The average molecular weight is 313 g/mol. The Labute approximate surface area is 136 Å². The third kappa shape index (κ3) is 3.14. The lowest BCUT2D eigenvalue weighted by molar-refractivity contribution is -0.108. The molecule has 116 valence electrons. The van der Waals surface area contributed by atoms with Crippen molar-refractivity contribution in [3.05, 3.63) is 40.9 Å². The van der Waals surface area contributed by atoms with Crippen LogP contribution >= 0.6 is 11.3 Å². The summed E-state index contributed by atoms with van der Waals surface area (Å²) < 4.78 is 0. The summed E-state index contributed by atoms with van der Waals surface area (Å²) in [6.07, 6.45) is 7.74. The van der Waals surface area contributed by atoms with E-state index >= 15 is 0 Å². The molecule has 0 fully saturated rings. The third-order valence-electron chi connectivity index (χ3n) is 4.63. The Morgan fingerprint density at radius 3 is 2.82 bits per heavy atom. The molecule has 0 N–H and O–H groups in total. The van der Waals surface area contributed by atoms with Gasteiger partial charge in [-0.2, -0.15) is 0 Å². The van der Waals surface area contributed by atoms with Crippen LogP contribution in [0.5, 0.6) is 0 Å². The fourth-order valence-corrected chi connectivity index (χ4v) is 4.70. The molecule has 2 atom stereocenters. The largest absolute Gasteiger partial charge is 0.303 e. The van der Waals surface area contributed by atoms with Gasteiger partial charge in [0.05, 0.1) is 5.69 Å². The molecular formula is C19H23NOS. The quantitative estimate of drug-likeness (QED) is 0.517. The van der Waals surface area contributed by atoms with Crippen LogP contribution in [-0.4, -0.2) is 11.3 Å². The molecule has 0 aliphatic heterocycles. The molecule has 1 aromatic heterocycles. The van der Waals surface area contributed by atoms with E-state index in [9.17, 15) is 4.79 Å². The van der Waals surface area contributed by atoms with E-state index in [2.05, 4.69) is 31.2 Å². The van der Waals surface area contributed by atoms with E-state index in [0.717, 1.165) is 17.7 Å². The molecule has 1 aromatic carbocycles. The van der Waals surface area contributed by atoms with Gasteiger partial charge >= 0.3 is 0 Å². The van der Waals surface area contributed by atoms with Gasteiger partial charge in [-0.05, 0) is 18.8 Å². The van der Waals surface area contributed by atoms with Crippen LogP contribution in [0.2, 0.25) is 0 Å². The smallest absolute Gasteiger partial charge is 0.123 e. The Balaban J connectivity index is 1.83. The fourth-order valence-electron chi connectivity index (χ4n) is 3.47. The van der Waals surface area contributed by atoms with Gasteiger partial charge in [-0.3, -0.25) is 0 Å². The zero-order valence-corrected chi connectivity index (χ0v) is 13.9. The molecule has 3 rings (SSSR count). The van der Waals surface area contributed by atoms with Gasteiger partial charge < -0.3 is 4.79 Å². The molecule has 0 saturated heterocycles. The van der Waals surface area contributed by atoms with Crippen molar-refractivity contribution in [2.75, 3.05) is 0 Å². The van der Waals surface area contributed by atoms with Gasteiger partial charge in [0.1, 0.15) is 11.3 Å². The molecule has 2 nitrogen and oxygen atoms in total. The number of carbonyl (C=O) groups is 1. The van der Waals surface area contributed by atoms with Crippen molar-refractivity contribution in [1.29, 1.82) is 0 Å². The highest BCUT2D eigenvalue weighted by molar-refractivity contribution is 7.15. The van der Waals surface area contributed by atoms with Gasteiger partial charge in [0.2, 0.25) is 0 Å². The molecule has 0 saturated carbocycles. The molecule has 0 amide bonds. The van der Waals surface area contributed by atoms with Crippen LogP contribution in [0.3, 0.4) is 0 Å². The van der Waals surface area contributed by atoms with Gasteiger partial charge in [0, 0.05) is 22.8 Å². The van der Waals surface area contributed by atoms with Gasteiger partial charge in [-0.1, -0.05) is 56.5 Å². The molecule has 0 spiro atoms. The Bertz CT molecular complexity index is 620. The van der Waals surface area contributed by atoms with Crippen LogP contribution in [0.25, 0.3) is 10.6 Å². The van der Waals surface area contributed by atoms with E-state index in [0.29, 0.717) is 18.3 Å². The minimum absolute atomic E-state index is 0.480. The van der Waals surface area contributed by atoms with Crippen molar-refractivity contribution >= 4 is 17.6 Å². The van der Waals surface area contributed by atoms with E-state index in [1.807, 2.05) is 17.4 Å². The SMILES string of the molecule is CCCCCC1c2nc(-c3ccccc3)sc2CC1CC=O. The summed E-state index contributed by atoms with van der Waals surface area (Å²) in [6.45, 7) is 2.24. The van der Waals surface area contributed by atoms with Crippen molar-refractivity contribution in [1.82, 2.24) is 4.98 Å². The van der Waals surface area contributed by atoms with Crippen molar-refractivity contribution in [2.45, 2.75) is 51.4 Å². The second kappa shape index (κ2) is 7.19. The van der Waals surface area contributed by atoms with Crippen LogP contribution in [-0.2, 0) is 11.2 Å². The Morgan fingerprint density at radius 2 is 2.09 bits per heavy atom. The molecule has 1 aliphatic carbocycles. The maximum absolute atomic E-state index is 11.0. The monoisotopic (exact) mass is 313 g/mol. The summed E-state index contributed by atoms with van der Waals surface area (Å²) >= 11 is 1.82. The minimum Gasteiger partial charge on any atom is -0.303 e. The van der Waals surface area contributed by atoms with E-state index in [1.165, 1.54) is 41.8 Å². The Hall–Kier alpha value is -1.48. The molecule has 0 radical (unpaired) electrons. The second-order valence-corrected chi connectivity index (χ2v) is 7.25. The molecule has 1 aliphatic rings. The molecule has 22 heavy (non-hydrogen) atoms. The van der Waals surface area contributed by atoms with Crippen molar-refractivity contribution < 1.29 is 4.79 Å². The number of hydrogen-bond acceptors (Lipinski definition) is 3. The highest BCUT2D eigenvalue weighted by atomic mass is 32.1. The van der Waals surface area contributed by atoms with E-state index in [4.69, 9.17) is 4.98 Å². The predicted molar refractivity (Wildman–Crippen MR) is 92.3 cm³/mol. The summed E-state index contributed by atoms with van der Waals surface area (Å²) in [5, 5.41) is 1.13. The van der Waals surface area contributed by atoms with E-state index in [1.54, 1.807) is 0 Å². The standard InChI is InChI=1S/C19H23NOS/c1-2-3-5-10-16-15(11-12-21)13-17-18(16)20-19(22-17)14-8-6-4-7-9-14/h4,6-9,12,15-16H,2-3,5,10-11,13H2,1H3. The summed E-state index contributed by atoms with van der Waals surface area (Å²) in [5.41, 5.74) is 2.49. The maximum Gasteiger partial charge on any atom is 0.123 e. The lowest BCUT2D eigenvalue weighted by Gasteiger charge is -2.17. The van der Waals surface area contributed by atoms with Gasteiger partial charge in [-0.25, -0.2) is 4.98 Å². The number of rotatable bonds is 7. The lowest BCUT2D eigenvalue weighted by atomic mass is 9.88. The highest BCUT2D eigenvalue weighted by Gasteiger charge is 2.35. The zero-order chi connectivity index (χ0) is 15.4. The summed E-state index contributed by atoms with van der Waals surface area (Å²) in [4.78, 5) is 17.3. The minimum atomic E-state index is 0.480. The van der Waals surface area contributed by atoms with Crippen molar-refractivity contribution in [2.24, 2.45) is 5.92 Å². The molecule has 1 heterocycles. The zero-order valence-electron chi connectivity index (χ0n) is 13.1. The van der Waals surface area contributed by atoms with E-state index in [-0.39, 0.29) is 0 Å². The van der Waals surface area contributed by atoms with Crippen molar-refractivity contribution in [3.8, 4) is 10.6 Å². The molecule has 3 heteroatoms. The summed E-state index contributed by atoms with van der Waals surface area (Å²) in [5.74, 6) is 0.966. The highest BCUT2D eigenvalue weighted by Crippen LogP contribution is 2.46. The van der Waals surface area contributed by atoms with Crippen molar-refractivity contribution in [3.63, 3.8) is 0 Å². The number of aromatic nitrogens is 1. The van der Waals surface area contributed by atoms with Crippen LogP contribution in [0.1, 0.15) is 55.5 Å². The third-order valence-corrected chi connectivity index (χ3v) is 5.78. The summed E-state index contributed by atoms with van der Waals surface area (Å²) in [7, 11) is 0. The van der Waals surface area contributed by atoms with Gasteiger partial charge in [0.15, 0.2) is 0 Å². The lowest BCUT2D eigenvalue weighted by Crippen LogP contribution is -2.09. The number of nitrogens with zero attached hydrogens (tertiary/aromatic N) is 1. The first-order valence-corrected chi connectivity index (χ1v) is 9.13. The van der Waals surface area contributed by atoms with Crippen LogP contribution in [0, 0.1) is 5.92 Å². The first-order valence-electron chi connectivity index (χ1n) is 8.32. The number of fused-ring (bicyclic) bond motifs is 1. The number of unbranched alkanes of at least 4 members (excludes halogenated alkanes) is 2. The molecular weight excluding hydrogens is 290 g/mol. The van der Waals surface area contributed by atoms with Crippen LogP contribution in [0.4, 0.5) is 0 Å². The topological polar surface area (TPSA) is 30.0 Å². The summed E-state index contributed by atoms with van der Waals surface area (Å²) in [6, 6.07) is 10.4. The predicted octanol–water partition coefficient (Wildman–Crippen LogP) is 5.24. The molecule has 0 bridgehead atoms. The van der Waals surface area contributed by atoms with E-state index < -0.39 is 0 Å². The Kier molecular flexibility index (Phi) is 5.04. The second-order valence-electron chi connectivity index (χ2n) is 6.16. The van der Waals surface area contributed by atoms with Crippen LogP contribution in [0.15, 0.2) is 30.3 Å². The number of carbonyl (C=O) groups excluding carboxylic acids is 1. The number of aldehydes is 1. The number of benzene rings is 1. The first-order chi connectivity index (χ1) is 10.8. The first kappa shape index (κ1) is 15.4. The van der Waals surface area contributed by atoms with Crippen LogP contribution < -0.4 is 0 Å². The maximum atomic E-state index is 11.0. The normalized spacial score (nSPS) is 20.0. The Morgan fingerprint density at radius 1 is 1.27 bits per heavy atom. The molecule has 2 unspecified atom stereocenters. The molecule has 2 aromatic rings.